The summed E-state index contributed by atoms with van der Waals surface area (Å²) in [5, 5.41) is 15.3. The number of carboxylic acids is 1. The topological polar surface area (TPSA) is 74.5 Å². The molecule has 0 spiro atoms. The first-order chi connectivity index (χ1) is 14.4. The number of fused-ring (bicyclic) bond motifs is 1. The fraction of sp³-hybridized carbons (Fsp3) is 0.409. The van der Waals surface area contributed by atoms with Crippen molar-refractivity contribution in [1.82, 2.24) is 19.7 Å². The number of nitrogens with zero attached hydrogens (tertiary/aromatic N) is 5. The van der Waals surface area contributed by atoms with Crippen molar-refractivity contribution in [2.45, 2.75) is 26.7 Å². The predicted octanol–water partition coefficient (Wildman–Crippen LogP) is 3.52. The second kappa shape index (κ2) is 8.02. The monoisotopic (exact) mass is 411 g/mol. The van der Waals surface area contributed by atoms with E-state index < -0.39 is 5.97 Å². The number of anilines is 1. The quantitative estimate of drug-likeness (QED) is 0.692. The summed E-state index contributed by atoms with van der Waals surface area (Å²) in [5.41, 5.74) is 2.81. The number of benzene rings is 1. The summed E-state index contributed by atoms with van der Waals surface area (Å²) in [6.45, 7) is 10.7. The van der Waals surface area contributed by atoms with Gasteiger partial charge >= 0.3 is 5.97 Å². The minimum atomic E-state index is -1.08. The Morgan fingerprint density at radius 2 is 1.83 bits per heavy atom. The molecule has 8 heteroatoms. The number of hydrogen-bond acceptors (Lipinski definition) is 5. The van der Waals surface area contributed by atoms with Crippen molar-refractivity contribution in [2.75, 3.05) is 37.6 Å². The fourth-order valence-corrected chi connectivity index (χ4v) is 3.95. The molecule has 1 saturated heterocycles. The van der Waals surface area contributed by atoms with Crippen LogP contribution in [0.15, 0.2) is 30.3 Å². The molecule has 1 fully saturated rings. The van der Waals surface area contributed by atoms with Crippen LogP contribution < -0.4 is 4.90 Å². The molecular formula is C22H26FN5O2. The molecule has 2 aromatic heterocycles. The third-order valence-electron chi connectivity index (χ3n) is 5.64. The Balaban J connectivity index is 1.94. The van der Waals surface area contributed by atoms with Gasteiger partial charge in [-0.15, -0.1) is 0 Å². The van der Waals surface area contributed by atoms with Gasteiger partial charge in [-0.05, 0) is 42.8 Å². The number of carbonyl (C=O) groups is 1. The van der Waals surface area contributed by atoms with Crippen molar-refractivity contribution in [3.8, 4) is 5.69 Å². The lowest BCUT2D eigenvalue weighted by Gasteiger charge is -2.36. The van der Waals surface area contributed by atoms with Gasteiger partial charge in [-0.2, -0.15) is 5.10 Å². The highest BCUT2D eigenvalue weighted by atomic mass is 19.1. The van der Waals surface area contributed by atoms with E-state index in [1.165, 1.54) is 12.1 Å². The molecule has 158 valence electrons. The molecule has 0 amide bonds. The van der Waals surface area contributed by atoms with Crippen LogP contribution in [-0.2, 0) is 0 Å². The second-order valence-corrected chi connectivity index (χ2v) is 7.88. The van der Waals surface area contributed by atoms with Gasteiger partial charge in [0.2, 0.25) is 0 Å². The molecule has 3 heterocycles. The Kier molecular flexibility index (Phi) is 5.42. The van der Waals surface area contributed by atoms with Crippen LogP contribution in [-0.4, -0.2) is 63.5 Å². The summed E-state index contributed by atoms with van der Waals surface area (Å²) in [6.07, 6.45) is 0. The molecule has 0 bridgehead atoms. The predicted molar refractivity (Wildman–Crippen MR) is 114 cm³/mol. The van der Waals surface area contributed by atoms with E-state index in [1.54, 1.807) is 22.9 Å². The Morgan fingerprint density at radius 3 is 2.40 bits per heavy atom. The lowest BCUT2D eigenvalue weighted by atomic mass is 10.0. The minimum Gasteiger partial charge on any atom is -0.477 e. The van der Waals surface area contributed by atoms with Crippen LogP contribution in [0, 0.1) is 5.82 Å². The van der Waals surface area contributed by atoms with E-state index in [0.717, 1.165) is 49.5 Å². The van der Waals surface area contributed by atoms with Crippen LogP contribution in [0.5, 0.6) is 0 Å². The number of pyridine rings is 1. The van der Waals surface area contributed by atoms with Crippen molar-refractivity contribution < 1.29 is 14.3 Å². The minimum absolute atomic E-state index is 0.0195. The van der Waals surface area contributed by atoms with Gasteiger partial charge in [0.1, 0.15) is 5.82 Å². The number of piperazine rings is 1. The maximum Gasteiger partial charge on any atom is 0.354 e. The maximum absolute atomic E-state index is 13.5. The highest BCUT2D eigenvalue weighted by Crippen LogP contribution is 2.35. The first-order valence-electron chi connectivity index (χ1n) is 10.3. The Bertz CT molecular complexity index is 1070. The molecule has 4 rings (SSSR count). The third kappa shape index (κ3) is 3.63. The van der Waals surface area contributed by atoms with Gasteiger partial charge in [-0.25, -0.2) is 18.9 Å². The van der Waals surface area contributed by atoms with Gasteiger partial charge in [-0.3, -0.25) is 0 Å². The zero-order chi connectivity index (χ0) is 21.4. The summed E-state index contributed by atoms with van der Waals surface area (Å²) in [5.74, 6) is -1.31. The molecule has 1 aliphatic rings. The molecule has 0 saturated carbocycles. The molecular weight excluding hydrogens is 385 g/mol. The van der Waals surface area contributed by atoms with Crippen LogP contribution >= 0.6 is 0 Å². The molecule has 1 aliphatic heterocycles. The molecule has 7 nitrogen and oxygen atoms in total. The van der Waals surface area contributed by atoms with Crippen molar-refractivity contribution in [1.29, 1.82) is 0 Å². The average Bonchev–Trinajstić information content (AvgIpc) is 3.13. The van der Waals surface area contributed by atoms with Gasteiger partial charge in [0, 0.05) is 26.2 Å². The average molecular weight is 411 g/mol. The summed E-state index contributed by atoms with van der Waals surface area (Å²) < 4.78 is 15.1. The van der Waals surface area contributed by atoms with Crippen molar-refractivity contribution in [3.05, 3.63) is 47.5 Å². The molecule has 0 unspecified atom stereocenters. The van der Waals surface area contributed by atoms with E-state index in [-0.39, 0.29) is 17.4 Å². The van der Waals surface area contributed by atoms with Gasteiger partial charge in [0.25, 0.3) is 0 Å². The number of halogens is 1. The second-order valence-electron chi connectivity index (χ2n) is 7.88. The molecule has 0 atom stereocenters. The molecule has 0 aliphatic carbocycles. The fourth-order valence-electron chi connectivity index (χ4n) is 3.95. The van der Waals surface area contributed by atoms with Gasteiger partial charge in [-0.1, -0.05) is 20.8 Å². The maximum atomic E-state index is 13.5. The van der Waals surface area contributed by atoms with E-state index in [1.807, 2.05) is 0 Å². The van der Waals surface area contributed by atoms with Crippen molar-refractivity contribution in [2.24, 2.45) is 0 Å². The van der Waals surface area contributed by atoms with Crippen LogP contribution in [0.25, 0.3) is 16.7 Å². The number of aromatic nitrogens is 3. The Hall–Kier alpha value is -3.00. The summed E-state index contributed by atoms with van der Waals surface area (Å²) in [4.78, 5) is 20.9. The summed E-state index contributed by atoms with van der Waals surface area (Å²) in [6, 6.07) is 7.64. The SMILES string of the molecule is CCN1CCN(c2cc(C(=O)O)nc3c2c(C(C)C)nn3-c2ccc(F)cc2)CC1. The largest absolute Gasteiger partial charge is 0.477 e. The molecule has 30 heavy (non-hydrogen) atoms. The lowest BCUT2D eigenvalue weighted by Crippen LogP contribution is -2.46. The number of rotatable bonds is 5. The molecule has 3 aromatic rings. The number of aromatic carboxylic acids is 1. The summed E-state index contributed by atoms with van der Waals surface area (Å²) >= 11 is 0. The first kappa shape index (κ1) is 20.3. The zero-order valence-corrected chi connectivity index (χ0v) is 17.5. The van der Waals surface area contributed by atoms with Crippen molar-refractivity contribution >= 4 is 22.7 Å². The van der Waals surface area contributed by atoms with Gasteiger partial charge < -0.3 is 14.9 Å². The highest BCUT2D eigenvalue weighted by molar-refractivity contribution is 5.98. The first-order valence-corrected chi connectivity index (χ1v) is 10.3. The van der Waals surface area contributed by atoms with Gasteiger partial charge in [0.05, 0.1) is 22.5 Å². The standard InChI is InChI=1S/C22H26FN5O2/c1-4-26-9-11-27(12-10-26)18-13-17(22(29)30)24-21-19(18)20(14(2)3)25-28(21)16-7-5-15(23)6-8-16/h5-8,13-14H,4,9-12H2,1-3H3,(H,29,30). The van der Waals surface area contributed by atoms with E-state index in [0.29, 0.717) is 11.3 Å². The van der Waals surface area contributed by atoms with E-state index in [9.17, 15) is 14.3 Å². The number of likely N-dealkylation sites (N-methyl/N-ethyl adjacent to an activating group) is 1. The highest BCUT2D eigenvalue weighted by Gasteiger charge is 2.26. The summed E-state index contributed by atoms with van der Waals surface area (Å²) in [7, 11) is 0. The van der Waals surface area contributed by atoms with Crippen LogP contribution in [0.1, 0.15) is 42.9 Å². The zero-order valence-electron chi connectivity index (χ0n) is 17.5. The van der Waals surface area contributed by atoms with E-state index >= 15 is 0 Å². The van der Waals surface area contributed by atoms with Gasteiger partial charge in [0.15, 0.2) is 11.3 Å². The molecule has 1 aromatic carbocycles. The number of carboxylic acid groups (broad SMARTS) is 1. The van der Waals surface area contributed by atoms with E-state index in [4.69, 9.17) is 5.10 Å². The third-order valence-corrected chi connectivity index (χ3v) is 5.64. The number of hydrogen-bond donors (Lipinski definition) is 1. The Morgan fingerprint density at radius 1 is 1.17 bits per heavy atom. The van der Waals surface area contributed by atoms with Crippen LogP contribution in [0.2, 0.25) is 0 Å². The normalized spacial score (nSPS) is 15.3. The molecule has 1 N–H and O–H groups in total. The smallest absolute Gasteiger partial charge is 0.354 e. The lowest BCUT2D eigenvalue weighted by molar-refractivity contribution is 0.0691. The molecule has 0 radical (unpaired) electrons. The Labute approximate surface area is 174 Å². The van der Waals surface area contributed by atoms with Crippen LogP contribution in [0.3, 0.4) is 0 Å². The van der Waals surface area contributed by atoms with Crippen molar-refractivity contribution in [3.63, 3.8) is 0 Å². The van der Waals surface area contributed by atoms with E-state index in [2.05, 4.69) is 35.6 Å². The van der Waals surface area contributed by atoms with Crippen LogP contribution in [0.4, 0.5) is 10.1 Å².